The lowest BCUT2D eigenvalue weighted by Crippen LogP contribution is -2.50. The smallest absolute Gasteiger partial charge is 0.246 e. The molecule has 1 aliphatic heterocycles. The van der Waals surface area contributed by atoms with Crippen molar-refractivity contribution in [3.63, 3.8) is 0 Å². The van der Waals surface area contributed by atoms with Gasteiger partial charge in [-0.25, -0.2) is 12.8 Å². The van der Waals surface area contributed by atoms with E-state index in [1.54, 1.807) is 24.3 Å². The fourth-order valence-electron chi connectivity index (χ4n) is 3.13. The van der Waals surface area contributed by atoms with Crippen LogP contribution in [0.1, 0.15) is 23.2 Å². The van der Waals surface area contributed by atoms with Gasteiger partial charge in [0.2, 0.25) is 15.9 Å². The van der Waals surface area contributed by atoms with Crippen LogP contribution in [0.25, 0.3) is 0 Å². The highest BCUT2D eigenvalue weighted by Crippen LogP contribution is 2.21. The lowest BCUT2D eigenvalue weighted by molar-refractivity contribution is -0.132. The number of carbonyl (C=O) groups excluding carboxylic acids is 2. The normalized spacial score (nSPS) is 15.3. The molecular weight excluding hydrogens is 419 g/mol. The van der Waals surface area contributed by atoms with Crippen molar-refractivity contribution in [1.82, 2.24) is 9.21 Å². The first-order valence-corrected chi connectivity index (χ1v) is 10.9. The van der Waals surface area contributed by atoms with Crippen LogP contribution in [0.3, 0.4) is 0 Å². The van der Waals surface area contributed by atoms with Crippen LogP contribution in [0.5, 0.6) is 0 Å². The number of hydrogen-bond acceptors (Lipinski definition) is 4. The molecule has 1 saturated heterocycles. The highest BCUT2D eigenvalue weighted by Gasteiger charge is 2.31. The number of carbonyl (C=O) groups is 2. The van der Waals surface area contributed by atoms with E-state index in [1.165, 1.54) is 27.4 Å². The van der Waals surface area contributed by atoms with E-state index in [0.29, 0.717) is 10.6 Å². The third-order valence-electron chi connectivity index (χ3n) is 4.78. The number of ketones is 1. The summed E-state index contributed by atoms with van der Waals surface area (Å²) in [6, 6.07) is 11.7. The first-order valence-electron chi connectivity index (χ1n) is 9.10. The molecule has 6 nitrogen and oxygen atoms in total. The van der Waals surface area contributed by atoms with Crippen molar-refractivity contribution in [3.05, 3.63) is 64.9 Å². The third-order valence-corrected chi connectivity index (χ3v) is 6.96. The first kappa shape index (κ1) is 21.4. The molecule has 0 unspecified atom stereocenters. The van der Waals surface area contributed by atoms with E-state index >= 15 is 0 Å². The molecule has 0 atom stereocenters. The Bertz CT molecular complexity index is 1000. The van der Waals surface area contributed by atoms with Crippen LogP contribution in [-0.4, -0.2) is 55.5 Å². The number of halogens is 2. The molecule has 0 saturated carbocycles. The summed E-state index contributed by atoms with van der Waals surface area (Å²) in [5.74, 6) is -1.17. The van der Waals surface area contributed by atoms with Crippen LogP contribution in [0.2, 0.25) is 5.02 Å². The van der Waals surface area contributed by atoms with Gasteiger partial charge in [0.15, 0.2) is 5.78 Å². The van der Waals surface area contributed by atoms with Crippen LogP contribution in [-0.2, 0) is 14.8 Å². The lowest BCUT2D eigenvalue weighted by Gasteiger charge is -2.34. The fraction of sp³-hybridized carbons (Fsp3) is 0.300. The van der Waals surface area contributed by atoms with Crippen molar-refractivity contribution in [2.75, 3.05) is 26.2 Å². The Morgan fingerprint density at radius 3 is 2.17 bits per heavy atom. The average molecular weight is 439 g/mol. The van der Waals surface area contributed by atoms with E-state index in [-0.39, 0.29) is 55.6 Å². The van der Waals surface area contributed by atoms with Crippen molar-refractivity contribution >= 4 is 33.3 Å². The second-order valence-corrected chi connectivity index (χ2v) is 8.99. The lowest BCUT2D eigenvalue weighted by atomic mass is 10.1. The van der Waals surface area contributed by atoms with E-state index in [2.05, 4.69) is 0 Å². The van der Waals surface area contributed by atoms with Gasteiger partial charge in [-0.15, -0.1) is 0 Å². The van der Waals surface area contributed by atoms with Gasteiger partial charge in [-0.2, -0.15) is 4.31 Å². The Balaban J connectivity index is 1.53. The first-order chi connectivity index (χ1) is 13.8. The molecule has 1 aliphatic rings. The van der Waals surface area contributed by atoms with Crippen LogP contribution in [0.15, 0.2) is 53.4 Å². The summed E-state index contributed by atoms with van der Waals surface area (Å²) >= 11 is 5.80. The Morgan fingerprint density at radius 1 is 0.931 bits per heavy atom. The third kappa shape index (κ3) is 5.01. The number of nitrogens with zero attached hydrogens (tertiary/aromatic N) is 2. The number of sulfonamides is 1. The average Bonchev–Trinajstić information content (AvgIpc) is 2.72. The molecular formula is C20H20ClFN2O4S. The maximum atomic E-state index is 13.9. The number of Topliss-reactive ketones (excluding diaryl/α,β-unsaturated/α-hetero) is 1. The van der Waals surface area contributed by atoms with Crippen molar-refractivity contribution in [2.45, 2.75) is 17.7 Å². The summed E-state index contributed by atoms with van der Waals surface area (Å²) in [4.78, 5) is 25.7. The van der Waals surface area contributed by atoms with Gasteiger partial charge in [0, 0.05) is 49.6 Å². The molecule has 2 aromatic rings. The van der Waals surface area contributed by atoms with Crippen LogP contribution < -0.4 is 0 Å². The van der Waals surface area contributed by atoms with E-state index < -0.39 is 15.8 Å². The Kier molecular flexibility index (Phi) is 6.66. The topological polar surface area (TPSA) is 74.8 Å². The van der Waals surface area contributed by atoms with Crippen molar-refractivity contribution in [3.8, 4) is 0 Å². The molecule has 29 heavy (non-hydrogen) atoms. The molecule has 1 amide bonds. The summed E-state index contributed by atoms with van der Waals surface area (Å²) in [5, 5.41) is 0.529. The zero-order chi connectivity index (χ0) is 21.0. The fourth-order valence-corrected chi connectivity index (χ4v) is 4.74. The Hall–Kier alpha value is -2.29. The largest absolute Gasteiger partial charge is 0.340 e. The molecule has 2 aromatic carbocycles. The van der Waals surface area contributed by atoms with Gasteiger partial charge in [-0.05, 0) is 36.4 Å². The molecule has 0 radical (unpaired) electrons. The van der Waals surface area contributed by atoms with Crippen LogP contribution in [0, 0.1) is 5.82 Å². The zero-order valence-electron chi connectivity index (χ0n) is 15.6. The number of benzene rings is 2. The molecule has 0 N–H and O–H groups in total. The van der Waals surface area contributed by atoms with E-state index in [4.69, 9.17) is 11.6 Å². The second-order valence-electron chi connectivity index (χ2n) is 6.65. The van der Waals surface area contributed by atoms with E-state index in [9.17, 15) is 22.4 Å². The number of rotatable bonds is 6. The van der Waals surface area contributed by atoms with E-state index in [1.807, 2.05) is 0 Å². The summed E-state index contributed by atoms with van der Waals surface area (Å²) in [6.45, 7) is 0.546. The molecule has 0 spiro atoms. The van der Waals surface area contributed by atoms with Crippen molar-refractivity contribution in [2.24, 2.45) is 0 Å². The molecule has 0 bridgehead atoms. The van der Waals surface area contributed by atoms with Crippen LogP contribution >= 0.6 is 11.6 Å². The number of amides is 1. The standard InChI is InChI=1S/C20H20ClFN2O4S/c21-16-7-5-15(6-8-16)18(25)9-10-20(26)23-11-13-24(14-12-23)29(27,28)19-4-2-1-3-17(19)22/h1-8H,9-14H2. The maximum Gasteiger partial charge on any atom is 0.246 e. The number of hydrogen-bond donors (Lipinski definition) is 0. The summed E-state index contributed by atoms with van der Waals surface area (Å²) < 4.78 is 40.3. The predicted octanol–water partition coefficient (Wildman–Crippen LogP) is 2.98. The Labute approximate surface area is 173 Å². The highest BCUT2D eigenvalue weighted by atomic mass is 35.5. The molecule has 1 heterocycles. The van der Waals surface area contributed by atoms with Gasteiger partial charge < -0.3 is 4.90 Å². The molecule has 9 heteroatoms. The zero-order valence-corrected chi connectivity index (χ0v) is 17.1. The van der Waals surface area contributed by atoms with Gasteiger partial charge in [0.1, 0.15) is 10.7 Å². The molecule has 0 aliphatic carbocycles. The monoisotopic (exact) mass is 438 g/mol. The maximum absolute atomic E-state index is 13.9. The van der Waals surface area contributed by atoms with Gasteiger partial charge in [0.05, 0.1) is 0 Å². The SMILES string of the molecule is O=C(CCC(=O)N1CCN(S(=O)(=O)c2ccccc2F)CC1)c1ccc(Cl)cc1. The van der Waals surface area contributed by atoms with E-state index in [0.717, 1.165) is 6.07 Å². The molecule has 3 rings (SSSR count). The summed E-state index contributed by atoms with van der Waals surface area (Å²) in [6.07, 6.45) is 0.107. The minimum atomic E-state index is -3.95. The molecule has 0 aromatic heterocycles. The van der Waals surface area contributed by atoms with Crippen LogP contribution in [0.4, 0.5) is 4.39 Å². The summed E-state index contributed by atoms with van der Waals surface area (Å²) in [5.41, 5.74) is 0.489. The van der Waals surface area contributed by atoms with Gasteiger partial charge in [-0.3, -0.25) is 9.59 Å². The second kappa shape index (κ2) is 9.02. The van der Waals surface area contributed by atoms with Crippen molar-refractivity contribution in [1.29, 1.82) is 0 Å². The quantitative estimate of drug-likeness (QED) is 0.650. The summed E-state index contributed by atoms with van der Waals surface area (Å²) in [7, 11) is -3.95. The predicted molar refractivity (Wildman–Crippen MR) is 107 cm³/mol. The Morgan fingerprint density at radius 2 is 1.55 bits per heavy atom. The minimum absolute atomic E-state index is 0.0432. The minimum Gasteiger partial charge on any atom is -0.340 e. The molecule has 154 valence electrons. The van der Waals surface area contributed by atoms with Gasteiger partial charge in [0.25, 0.3) is 0 Å². The van der Waals surface area contributed by atoms with Gasteiger partial charge in [-0.1, -0.05) is 23.7 Å². The van der Waals surface area contributed by atoms with Gasteiger partial charge >= 0.3 is 0 Å². The highest BCUT2D eigenvalue weighted by molar-refractivity contribution is 7.89. The van der Waals surface area contributed by atoms with Crippen molar-refractivity contribution < 1.29 is 22.4 Å². The molecule has 1 fully saturated rings. The number of piperazine rings is 1.